The Kier molecular flexibility index (Phi) is 3.67. The first-order valence-electron chi connectivity index (χ1n) is 5.62. The van der Waals surface area contributed by atoms with E-state index in [1.165, 1.54) is 18.2 Å². The number of nitrogens with zero attached hydrogens (tertiary/aromatic N) is 1. The van der Waals surface area contributed by atoms with Crippen molar-refractivity contribution in [2.45, 2.75) is 13.3 Å². The van der Waals surface area contributed by atoms with Crippen LogP contribution in [0.5, 0.6) is 0 Å². The standard InChI is InChI=1S/C14H12FNO2/c1-2-12(17)7-8-13-9-14(16-18-13)10-3-5-11(15)6-4-10/h3-9H,2H2,1H3/b8-7+. The second-order valence-corrected chi connectivity index (χ2v) is 3.77. The highest BCUT2D eigenvalue weighted by Crippen LogP contribution is 2.19. The molecule has 3 nitrogen and oxygen atoms in total. The Hall–Kier alpha value is -2.23. The van der Waals surface area contributed by atoms with Crippen LogP contribution < -0.4 is 0 Å². The number of ketones is 1. The third-order valence-corrected chi connectivity index (χ3v) is 2.45. The Labute approximate surface area is 104 Å². The molecular weight excluding hydrogens is 233 g/mol. The summed E-state index contributed by atoms with van der Waals surface area (Å²) in [6.45, 7) is 1.79. The van der Waals surface area contributed by atoms with Crippen molar-refractivity contribution in [3.05, 3.63) is 48.0 Å². The Morgan fingerprint density at radius 3 is 2.78 bits per heavy atom. The number of hydrogen-bond acceptors (Lipinski definition) is 3. The summed E-state index contributed by atoms with van der Waals surface area (Å²) in [7, 11) is 0. The van der Waals surface area contributed by atoms with Gasteiger partial charge in [0.25, 0.3) is 0 Å². The van der Waals surface area contributed by atoms with Gasteiger partial charge in [-0.1, -0.05) is 12.1 Å². The molecular formula is C14H12FNO2. The van der Waals surface area contributed by atoms with E-state index in [0.717, 1.165) is 5.56 Å². The van der Waals surface area contributed by atoms with E-state index in [9.17, 15) is 9.18 Å². The molecule has 0 spiro atoms. The van der Waals surface area contributed by atoms with Crippen molar-refractivity contribution in [2.24, 2.45) is 0 Å². The van der Waals surface area contributed by atoms with E-state index in [1.807, 2.05) is 0 Å². The number of rotatable bonds is 4. The summed E-state index contributed by atoms with van der Waals surface area (Å²) in [5, 5.41) is 3.86. The lowest BCUT2D eigenvalue weighted by molar-refractivity contribution is -0.114. The summed E-state index contributed by atoms with van der Waals surface area (Å²) < 4.78 is 17.8. The van der Waals surface area contributed by atoms with Crippen molar-refractivity contribution in [1.29, 1.82) is 0 Å². The van der Waals surface area contributed by atoms with Gasteiger partial charge in [0.15, 0.2) is 11.5 Å². The molecule has 0 radical (unpaired) electrons. The summed E-state index contributed by atoms with van der Waals surface area (Å²) in [5.41, 5.74) is 1.38. The van der Waals surface area contributed by atoms with Gasteiger partial charge in [0, 0.05) is 18.1 Å². The molecule has 18 heavy (non-hydrogen) atoms. The zero-order valence-electron chi connectivity index (χ0n) is 9.89. The van der Waals surface area contributed by atoms with Crippen LogP contribution in [0.4, 0.5) is 4.39 Å². The quantitative estimate of drug-likeness (QED) is 0.774. The third-order valence-electron chi connectivity index (χ3n) is 2.45. The lowest BCUT2D eigenvalue weighted by Crippen LogP contribution is -1.85. The summed E-state index contributed by atoms with van der Waals surface area (Å²) >= 11 is 0. The van der Waals surface area contributed by atoms with E-state index in [4.69, 9.17) is 4.52 Å². The number of aromatic nitrogens is 1. The van der Waals surface area contributed by atoms with E-state index in [0.29, 0.717) is 17.9 Å². The van der Waals surface area contributed by atoms with E-state index in [2.05, 4.69) is 5.16 Å². The Balaban J connectivity index is 2.18. The van der Waals surface area contributed by atoms with E-state index >= 15 is 0 Å². The van der Waals surface area contributed by atoms with Crippen LogP contribution in [0.15, 0.2) is 40.9 Å². The average molecular weight is 245 g/mol. The highest BCUT2D eigenvalue weighted by atomic mass is 19.1. The number of allylic oxidation sites excluding steroid dienone is 1. The van der Waals surface area contributed by atoms with E-state index in [1.54, 1.807) is 31.2 Å². The average Bonchev–Trinajstić information content (AvgIpc) is 2.85. The van der Waals surface area contributed by atoms with Gasteiger partial charge >= 0.3 is 0 Å². The molecule has 1 aromatic carbocycles. The molecule has 0 saturated heterocycles. The van der Waals surface area contributed by atoms with Gasteiger partial charge in [-0.15, -0.1) is 0 Å². The van der Waals surface area contributed by atoms with Crippen LogP contribution >= 0.6 is 0 Å². The molecule has 0 saturated carbocycles. The van der Waals surface area contributed by atoms with Crippen LogP contribution in [0.25, 0.3) is 17.3 Å². The fraction of sp³-hybridized carbons (Fsp3) is 0.143. The number of hydrogen-bond donors (Lipinski definition) is 0. The van der Waals surface area contributed by atoms with Gasteiger partial charge in [-0.05, 0) is 36.4 Å². The minimum absolute atomic E-state index is 0.0229. The lowest BCUT2D eigenvalue weighted by Gasteiger charge is -1.93. The maximum atomic E-state index is 12.8. The monoisotopic (exact) mass is 245 g/mol. The fourth-order valence-electron chi connectivity index (χ4n) is 1.42. The molecule has 0 unspecified atom stereocenters. The first-order chi connectivity index (χ1) is 8.69. The van der Waals surface area contributed by atoms with Crippen molar-refractivity contribution in [1.82, 2.24) is 5.16 Å². The predicted molar refractivity (Wildman–Crippen MR) is 66.2 cm³/mol. The van der Waals surface area contributed by atoms with Crippen molar-refractivity contribution < 1.29 is 13.7 Å². The zero-order chi connectivity index (χ0) is 13.0. The molecule has 2 aromatic rings. The predicted octanol–water partition coefficient (Wildman–Crippen LogP) is 3.47. The number of carbonyl (C=O) groups excluding carboxylic acids is 1. The first-order valence-corrected chi connectivity index (χ1v) is 5.62. The number of halogens is 1. The summed E-state index contributed by atoms with van der Waals surface area (Å²) in [4.78, 5) is 11.1. The first kappa shape index (κ1) is 12.2. The van der Waals surface area contributed by atoms with Crippen LogP contribution in [-0.4, -0.2) is 10.9 Å². The number of benzene rings is 1. The molecule has 0 aliphatic carbocycles. The van der Waals surface area contributed by atoms with Gasteiger partial charge in [0.1, 0.15) is 11.5 Å². The van der Waals surface area contributed by atoms with Gasteiger partial charge in [-0.3, -0.25) is 4.79 Å². The minimum atomic E-state index is -0.295. The lowest BCUT2D eigenvalue weighted by atomic mass is 10.1. The number of carbonyl (C=O) groups is 1. The molecule has 1 heterocycles. The molecule has 0 atom stereocenters. The Bertz CT molecular complexity index is 570. The van der Waals surface area contributed by atoms with Crippen molar-refractivity contribution in [2.75, 3.05) is 0 Å². The molecule has 0 amide bonds. The highest BCUT2D eigenvalue weighted by molar-refractivity contribution is 5.93. The normalized spacial score (nSPS) is 11.0. The topological polar surface area (TPSA) is 43.1 Å². The third kappa shape index (κ3) is 2.91. The van der Waals surface area contributed by atoms with Gasteiger partial charge in [-0.25, -0.2) is 4.39 Å². The van der Waals surface area contributed by atoms with Gasteiger partial charge in [0.05, 0.1) is 0 Å². The minimum Gasteiger partial charge on any atom is -0.356 e. The fourth-order valence-corrected chi connectivity index (χ4v) is 1.42. The molecule has 1 aromatic heterocycles. The van der Waals surface area contributed by atoms with Gasteiger partial charge < -0.3 is 4.52 Å². The zero-order valence-corrected chi connectivity index (χ0v) is 9.89. The largest absolute Gasteiger partial charge is 0.356 e. The molecule has 92 valence electrons. The van der Waals surface area contributed by atoms with Crippen LogP contribution in [0.2, 0.25) is 0 Å². The second kappa shape index (κ2) is 5.40. The van der Waals surface area contributed by atoms with E-state index in [-0.39, 0.29) is 11.6 Å². The van der Waals surface area contributed by atoms with Gasteiger partial charge in [0.2, 0.25) is 0 Å². The van der Waals surface area contributed by atoms with Crippen molar-refractivity contribution in [3.63, 3.8) is 0 Å². The maximum Gasteiger partial charge on any atom is 0.160 e. The van der Waals surface area contributed by atoms with Crippen LogP contribution in [0, 0.1) is 5.82 Å². The molecule has 0 fully saturated rings. The van der Waals surface area contributed by atoms with E-state index < -0.39 is 0 Å². The summed E-state index contributed by atoms with van der Waals surface area (Å²) in [6.07, 6.45) is 3.48. The highest BCUT2D eigenvalue weighted by Gasteiger charge is 2.04. The molecule has 2 rings (SSSR count). The molecule has 4 heteroatoms. The van der Waals surface area contributed by atoms with Gasteiger partial charge in [-0.2, -0.15) is 0 Å². The maximum absolute atomic E-state index is 12.8. The van der Waals surface area contributed by atoms with Crippen molar-refractivity contribution in [3.8, 4) is 11.3 Å². The molecule has 0 N–H and O–H groups in total. The Morgan fingerprint density at radius 2 is 2.11 bits per heavy atom. The van der Waals surface area contributed by atoms with Crippen LogP contribution in [0.3, 0.4) is 0 Å². The Morgan fingerprint density at radius 1 is 1.39 bits per heavy atom. The second-order valence-electron chi connectivity index (χ2n) is 3.77. The van der Waals surface area contributed by atoms with Crippen LogP contribution in [-0.2, 0) is 4.79 Å². The SMILES string of the molecule is CCC(=O)/C=C/c1cc(-c2ccc(F)cc2)no1. The molecule has 0 aliphatic heterocycles. The molecule has 0 aliphatic rings. The van der Waals surface area contributed by atoms with Crippen LogP contribution in [0.1, 0.15) is 19.1 Å². The smallest absolute Gasteiger partial charge is 0.160 e. The van der Waals surface area contributed by atoms with Crippen molar-refractivity contribution >= 4 is 11.9 Å². The summed E-state index contributed by atoms with van der Waals surface area (Å²) in [5.74, 6) is 0.224. The molecule has 0 bridgehead atoms. The summed E-state index contributed by atoms with van der Waals surface area (Å²) in [6, 6.07) is 7.67.